The minimum atomic E-state index is -1.33. The van der Waals surface area contributed by atoms with Crippen molar-refractivity contribution in [3.8, 4) is 5.75 Å². The molecule has 2 saturated carbocycles. The standard InChI is InChI=1S/C42H56N3O3Si/c1-42(2,3)41(48-49(33-12-8-6-9-13-33)34-14-10-7-11-15-34)36-26-32(36)27-45-24-22-30(23-25-45)18-20-38-35-19-21-39(46-29-31-16-17-31)37(28-44(4)5)40(35)47-43-38/h6-15,19,21,30-32,36,41H,16-18,20,22-29H2,1-5H3/t32-,36-,41?/m0/s1. The van der Waals surface area contributed by atoms with E-state index in [1.807, 2.05) is 0 Å². The number of fused-ring (bicyclic) bond motifs is 1. The highest BCUT2D eigenvalue weighted by Crippen LogP contribution is 2.49. The van der Waals surface area contributed by atoms with Crippen LogP contribution in [-0.2, 0) is 17.4 Å². The zero-order valence-electron chi connectivity index (χ0n) is 30.4. The minimum Gasteiger partial charge on any atom is -0.493 e. The zero-order valence-corrected chi connectivity index (χ0v) is 31.4. The number of benzene rings is 3. The van der Waals surface area contributed by atoms with Gasteiger partial charge in [0.15, 0.2) is 5.58 Å². The van der Waals surface area contributed by atoms with Crippen molar-refractivity contribution in [1.82, 2.24) is 15.0 Å². The molecule has 0 amide bonds. The summed E-state index contributed by atoms with van der Waals surface area (Å²) in [5, 5.41) is 8.42. The van der Waals surface area contributed by atoms with Crippen molar-refractivity contribution in [2.24, 2.45) is 29.1 Å². The lowest BCUT2D eigenvalue weighted by molar-refractivity contribution is 0.0606. The van der Waals surface area contributed by atoms with E-state index in [9.17, 15) is 0 Å². The number of nitrogens with zero attached hydrogens (tertiary/aromatic N) is 3. The zero-order chi connectivity index (χ0) is 34.0. The van der Waals surface area contributed by atoms with E-state index in [1.165, 1.54) is 68.5 Å². The predicted octanol–water partition coefficient (Wildman–Crippen LogP) is 7.20. The van der Waals surface area contributed by atoms with Gasteiger partial charge in [-0.1, -0.05) is 86.6 Å². The molecule has 0 N–H and O–H groups in total. The molecular formula is C42H56N3O3Si. The SMILES string of the molecule is CN(C)Cc1c(OCC2CC2)ccc2c(CCC3CCN(C[C@@H]4C[C@@H]4C(O[Si](c4ccccc4)c4ccccc4)C(C)(C)C)CC3)noc12. The van der Waals surface area contributed by atoms with Crippen LogP contribution in [0, 0.1) is 29.1 Å². The van der Waals surface area contributed by atoms with Crippen LogP contribution in [0.1, 0.15) is 70.6 Å². The minimum absolute atomic E-state index is 0.0929. The highest BCUT2D eigenvalue weighted by Gasteiger charge is 2.49. The second-order valence-electron chi connectivity index (χ2n) is 16.4. The van der Waals surface area contributed by atoms with Crippen LogP contribution in [0.15, 0.2) is 77.3 Å². The molecule has 6 nitrogen and oxygen atoms in total. The van der Waals surface area contributed by atoms with Crippen molar-refractivity contribution in [2.75, 3.05) is 40.3 Å². The van der Waals surface area contributed by atoms with Crippen molar-refractivity contribution in [3.05, 3.63) is 84.1 Å². The molecule has 0 bridgehead atoms. The molecule has 0 spiro atoms. The third-order valence-electron chi connectivity index (χ3n) is 10.9. The van der Waals surface area contributed by atoms with Gasteiger partial charge in [-0.2, -0.15) is 0 Å². The Labute approximate surface area is 295 Å². The topological polar surface area (TPSA) is 51.0 Å². The van der Waals surface area contributed by atoms with Gasteiger partial charge in [-0.25, -0.2) is 0 Å². The van der Waals surface area contributed by atoms with Crippen LogP contribution >= 0.6 is 0 Å². The maximum Gasteiger partial charge on any atom is 0.283 e. The van der Waals surface area contributed by atoms with Gasteiger partial charge in [0, 0.05) is 18.5 Å². The van der Waals surface area contributed by atoms with E-state index in [4.69, 9.17) is 13.7 Å². The molecule has 1 radical (unpaired) electrons. The summed E-state index contributed by atoms with van der Waals surface area (Å²) in [5.74, 6) is 3.77. The average Bonchev–Trinajstić information content (AvgIpc) is 4.02. The molecule has 2 aliphatic carbocycles. The van der Waals surface area contributed by atoms with Crippen LogP contribution < -0.4 is 15.1 Å². The first-order valence-electron chi connectivity index (χ1n) is 18.8. The lowest BCUT2D eigenvalue weighted by Gasteiger charge is -2.36. The van der Waals surface area contributed by atoms with E-state index in [0.29, 0.717) is 5.92 Å². The Kier molecular flexibility index (Phi) is 10.6. The first-order valence-corrected chi connectivity index (χ1v) is 20.2. The van der Waals surface area contributed by atoms with Crippen LogP contribution in [0.4, 0.5) is 0 Å². The van der Waals surface area contributed by atoms with Crippen LogP contribution in [0.2, 0.25) is 0 Å². The van der Waals surface area contributed by atoms with Gasteiger partial charge in [-0.3, -0.25) is 0 Å². The summed E-state index contributed by atoms with van der Waals surface area (Å²) in [4.78, 5) is 4.92. The first-order chi connectivity index (χ1) is 23.7. The van der Waals surface area contributed by atoms with Crippen LogP contribution in [0.3, 0.4) is 0 Å². The van der Waals surface area contributed by atoms with Crippen molar-refractivity contribution in [3.63, 3.8) is 0 Å². The number of piperidine rings is 1. The second kappa shape index (κ2) is 15.1. The third-order valence-corrected chi connectivity index (χ3v) is 13.2. The Morgan fingerprint density at radius 3 is 2.18 bits per heavy atom. The third kappa shape index (κ3) is 8.67. The molecule has 1 saturated heterocycles. The van der Waals surface area contributed by atoms with Gasteiger partial charge in [-0.15, -0.1) is 0 Å². The number of rotatable bonds is 15. The van der Waals surface area contributed by atoms with E-state index in [0.717, 1.165) is 65.3 Å². The molecule has 2 heterocycles. The number of hydrogen-bond acceptors (Lipinski definition) is 6. The molecule has 7 heteroatoms. The lowest BCUT2D eigenvalue weighted by Crippen LogP contribution is -2.50. The molecule has 4 aromatic rings. The van der Waals surface area contributed by atoms with Gasteiger partial charge in [0.1, 0.15) is 5.75 Å². The summed E-state index contributed by atoms with van der Waals surface area (Å²) >= 11 is 0. The quantitative estimate of drug-likeness (QED) is 0.124. The average molecular weight is 679 g/mol. The Morgan fingerprint density at radius 1 is 0.898 bits per heavy atom. The number of likely N-dealkylation sites (tertiary alicyclic amines) is 1. The highest BCUT2D eigenvalue weighted by atomic mass is 28.3. The predicted molar refractivity (Wildman–Crippen MR) is 201 cm³/mol. The Bertz CT molecular complexity index is 1600. The van der Waals surface area contributed by atoms with Gasteiger partial charge < -0.3 is 23.5 Å². The molecule has 3 aliphatic rings. The van der Waals surface area contributed by atoms with Crippen LogP contribution in [-0.4, -0.2) is 70.4 Å². The number of hydrogen-bond donors (Lipinski definition) is 0. The normalized spacial score (nSPS) is 21.1. The Balaban J connectivity index is 0.925. The van der Waals surface area contributed by atoms with E-state index >= 15 is 0 Å². The van der Waals surface area contributed by atoms with Crippen molar-refractivity contribution < 1.29 is 13.7 Å². The smallest absolute Gasteiger partial charge is 0.283 e. The monoisotopic (exact) mass is 678 g/mol. The Hall–Kier alpha value is -2.97. The molecule has 261 valence electrons. The maximum absolute atomic E-state index is 7.26. The summed E-state index contributed by atoms with van der Waals surface area (Å²) in [6.45, 7) is 12.3. The first kappa shape index (κ1) is 34.5. The molecular weight excluding hydrogens is 623 g/mol. The van der Waals surface area contributed by atoms with Crippen molar-refractivity contribution >= 4 is 30.4 Å². The van der Waals surface area contributed by atoms with Crippen LogP contribution in [0.25, 0.3) is 11.0 Å². The van der Waals surface area contributed by atoms with Gasteiger partial charge >= 0.3 is 0 Å². The molecule has 1 unspecified atom stereocenters. The van der Waals surface area contributed by atoms with E-state index in [2.05, 4.69) is 123 Å². The van der Waals surface area contributed by atoms with Gasteiger partial charge in [0.05, 0.1) is 24.0 Å². The fraction of sp³-hybridized carbons (Fsp3) is 0.548. The van der Waals surface area contributed by atoms with E-state index in [1.54, 1.807) is 0 Å². The molecule has 3 fully saturated rings. The molecule has 7 rings (SSSR count). The van der Waals surface area contributed by atoms with Crippen molar-refractivity contribution in [2.45, 2.75) is 78.4 Å². The maximum atomic E-state index is 7.26. The molecule has 1 aromatic heterocycles. The summed E-state index contributed by atoms with van der Waals surface area (Å²) in [6, 6.07) is 26.2. The number of aromatic nitrogens is 1. The summed E-state index contributed by atoms with van der Waals surface area (Å²) in [5.41, 5.74) is 3.23. The fourth-order valence-corrected chi connectivity index (χ4v) is 10.2. The lowest BCUT2D eigenvalue weighted by atomic mass is 9.85. The number of ether oxygens (including phenoxy) is 1. The van der Waals surface area contributed by atoms with Crippen molar-refractivity contribution in [1.29, 1.82) is 0 Å². The Morgan fingerprint density at radius 2 is 1.57 bits per heavy atom. The molecule has 1 aliphatic heterocycles. The fourth-order valence-electron chi connectivity index (χ4n) is 7.86. The van der Waals surface area contributed by atoms with Gasteiger partial charge in [-0.05, 0) is 124 Å². The number of aryl methyl sites for hydroxylation is 1. The largest absolute Gasteiger partial charge is 0.493 e. The molecule has 3 aromatic carbocycles. The summed E-state index contributed by atoms with van der Waals surface area (Å²) in [6.07, 6.45) is 8.80. The van der Waals surface area contributed by atoms with E-state index < -0.39 is 9.04 Å². The van der Waals surface area contributed by atoms with Gasteiger partial charge in [0.2, 0.25) is 0 Å². The van der Waals surface area contributed by atoms with Gasteiger partial charge in [0.25, 0.3) is 9.04 Å². The summed E-state index contributed by atoms with van der Waals surface area (Å²) in [7, 11) is 2.86. The molecule has 49 heavy (non-hydrogen) atoms. The summed E-state index contributed by atoms with van der Waals surface area (Å²) < 4.78 is 19.5. The highest BCUT2D eigenvalue weighted by molar-refractivity contribution is 6.80. The van der Waals surface area contributed by atoms with Crippen LogP contribution in [0.5, 0.6) is 5.75 Å². The van der Waals surface area contributed by atoms with E-state index in [-0.39, 0.29) is 11.5 Å². The second-order valence-corrected chi connectivity index (χ2v) is 18.5. The molecule has 3 atom stereocenters.